The Labute approximate surface area is 109 Å². The van der Waals surface area contributed by atoms with Crippen molar-refractivity contribution < 1.29 is 30.7 Å². The van der Waals surface area contributed by atoms with Crippen LogP contribution in [0.2, 0.25) is 0 Å². The van der Waals surface area contributed by atoms with Gasteiger partial charge in [-0.05, 0) is 5.56 Å². The average molecular weight is 304 g/mol. The van der Waals surface area contributed by atoms with E-state index in [1.807, 2.05) is 0 Å². The Morgan fingerprint density at radius 3 is 1.68 bits per heavy atom. The highest BCUT2D eigenvalue weighted by Gasteiger charge is 2.54. The molecule has 8 heteroatoms. The van der Waals surface area contributed by atoms with Crippen molar-refractivity contribution in [2.24, 2.45) is 0 Å². The fourth-order valence-corrected chi connectivity index (χ4v) is 1.65. The van der Waals surface area contributed by atoms with Crippen molar-refractivity contribution in [2.75, 3.05) is 0 Å². The lowest BCUT2D eigenvalue weighted by Crippen LogP contribution is -2.28. The van der Waals surface area contributed by atoms with Gasteiger partial charge in [-0.1, -0.05) is 30.3 Å². The van der Waals surface area contributed by atoms with Crippen molar-refractivity contribution in [3.63, 3.8) is 0 Å². The molecule has 1 aromatic rings. The minimum absolute atomic E-state index is 0.102. The van der Waals surface area contributed by atoms with Gasteiger partial charge in [0.05, 0.1) is 5.25 Å². The van der Waals surface area contributed by atoms with Gasteiger partial charge in [0, 0.05) is 0 Å². The van der Waals surface area contributed by atoms with Gasteiger partial charge in [-0.15, -0.1) is 0 Å². The molecule has 1 unspecified atom stereocenters. The monoisotopic (exact) mass is 304 g/mol. The van der Waals surface area contributed by atoms with Gasteiger partial charge in [-0.2, -0.15) is 39.0 Å². The topological polar surface area (TPSA) is 0 Å². The maximum atomic E-state index is 13.5. The molecule has 0 radical (unpaired) electrons. The summed E-state index contributed by atoms with van der Waals surface area (Å²) in [6, 6.07) is 6.56. The summed E-state index contributed by atoms with van der Waals surface area (Å²) in [6.45, 7) is 0. The molecule has 0 spiro atoms. The summed E-state index contributed by atoms with van der Waals surface area (Å²) in [6.07, 6.45) is -11.7. The predicted molar refractivity (Wildman–Crippen MR) is 58.4 cm³/mol. The molecular weight excluding hydrogens is 297 g/mol. The van der Waals surface area contributed by atoms with Crippen LogP contribution in [0, 0.1) is 0 Å². The second-order valence-corrected chi connectivity index (χ2v) is 4.05. The molecule has 0 aromatic heterocycles. The molecule has 0 saturated heterocycles. The molecule has 1 rings (SSSR count). The molecule has 0 amide bonds. The van der Waals surface area contributed by atoms with E-state index in [1.165, 1.54) is 30.3 Å². The molecule has 0 nitrogen and oxygen atoms in total. The van der Waals surface area contributed by atoms with Gasteiger partial charge in [0.15, 0.2) is 5.57 Å². The van der Waals surface area contributed by atoms with Crippen LogP contribution in [-0.2, 0) is 0 Å². The molecule has 0 aliphatic carbocycles. The molecule has 0 saturated carbocycles. The summed E-state index contributed by atoms with van der Waals surface area (Å²) >= 11 is 3.48. The zero-order valence-electron chi connectivity index (χ0n) is 9.06. The van der Waals surface area contributed by atoms with Gasteiger partial charge >= 0.3 is 12.4 Å². The van der Waals surface area contributed by atoms with Crippen LogP contribution in [0.5, 0.6) is 0 Å². The van der Waals surface area contributed by atoms with E-state index in [-0.39, 0.29) is 5.56 Å². The lowest BCUT2D eigenvalue weighted by atomic mass is 10.1. The lowest BCUT2D eigenvalue weighted by molar-refractivity contribution is -0.174. The third-order valence-electron chi connectivity index (χ3n) is 2.16. The predicted octanol–water partition coefficient (Wildman–Crippen LogP) is 5.01. The first-order valence-corrected chi connectivity index (χ1v) is 5.34. The molecule has 0 N–H and O–H groups in total. The smallest absolute Gasteiger partial charge is 0.210 e. The summed E-state index contributed by atoms with van der Waals surface area (Å²) in [5.41, 5.74) is -3.27. The maximum absolute atomic E-state index is 13.5. The number of thiol groups is 1. The Kier molecular flexibility index (Phi) is 4.54. The average Bonchev–Trinajstić information content (AvgIpc) is 2.25. The summed E-state index contributed by atoms with van der Waals surface area (Å²) in [5, 5.41) is -1.93. The molecule has 0 fully saturated rings. The van der Waals surface area contributed by atoms with E-state index in [0.29, 0.717) is 0 Å². The van der Waals surface area contributed by atoms with Gasteiger partial charge in [-0.3, -0.25) is 0 Å². The second-order valence-electron chi connectivity index (χ2n) is 3.53. The van der Waals surface area contributed by atoms with E-state index in [9.17, 15) is 30.7 Å². The highest BCUT2D eigenvalue weighted by atomic mass is 32.1. The van der Waals surface area contributed by atoms with Crippen LogP contribution in [0.3, 0.4) is 0 Å². The molecule has 0 aliphatic rings. The van der Waals surface area contributed by atoms with E-state index in [2.05, 4.69) is 12.6 Å². The number of rotatable bonds is 2. The lowest BCUT2D eigenvalue weighted by Gasteiger charge is -2.19. The molecule has 1 aromatic carbocycles. The summed E-state index contributed by atoms with van der Waals surface area (Å²) < 4.78 is 87.2. The van der Waals surface area contributed by atoms with Crippen LogP contribution in [0.25, 0.3) is 0 Å². The highest BCUT2D eigenvalue weighted by molar-refractivity contribution is 7.80. The molecule has 19 heavy (non-hydrogen) atoms. The Morgan fingerprint density at radius 2 is 1.32 bits per heavy atom. The van der Waals surface area contributed by atoms with E-state index in [1.54, 1.807) is 0 Å². The van der Waals surface area contributed by atoms with Crippen molar-refractivity contribution in [3.8, 4) is 0 Å². The third-order valence-corrected chi connectivity index (χ3v) is 2.69. The van der Waals surface area contributed by atoms with Gasteiger partial charge in [0.1, 0.15) is 5.83 Å². The Bertz CT molecular complexity index is 442. The Balaban J connectivity index is 3.32. The molecule has 0 bridgehead atoms. The normalized spacial score (nSPS) is 14.1. The van der Waals surface area contributed by atoms with Gasteiger partial charge in [-0.25, -0.2) is 4.39 Å². The van der Waals surface area contributed by atoms with Gasteiger partial charge < -0.3 is 0 Å². The fourth-order valence-electron chi connectivity index (χ4n) is 1.35. The number of halogens is 7. The first kappa shape index (κ1) is 15.9. The molecule has 0 heterocycles. The maximum Gasteiger partial charge on any atom is 0.423 e. The molecular formula is C11H7F7S. The van der Waals surface area contributed by atoms with Crippen molar-refractivity contribution in [2.45, 2.75) is 17.6 Å². The van der Waals surface area contributed by atoms with Crippen LogP contribution in [0.1, 0.15) is 10.8 Å². The standard InChI is InChI=1S/C11H7F7S/c12-7(8(19)6-4-2-1-3-5-6)9(10(13,14)15)11(16,17)18/h1-5,8,19H. The fraction of sp³-hybridized carbons (Fsp3) is 0.273. The third kappa shape index (κ3) is 3.89. The van der Waals surface area contributed by atoms with Gasteiger partial charge in [0.25, 0.3) is 0 Å². The van der Waals surface area contributed by atoms with Crippen LogP contribution in [-0.4, -0.2) is 12.4 Å². The first-order chi connectivity index (χ1) is 8.55. The van der Waals surface area contributed by atoms with Crippen molar-refractivity contribution in [1.29, 1.82) is 0 Å². The Hall–Kier alpha value is -1.18. The zero-order chi connectivity index (χ0) is 14.8. The van der Waals surface area contributed by atoms with Crippen LogP contribution in [0.15, 0.2) is 41.7 Å². The number of alkyl halides is 6. The van der Waals surface area contributed by atoms with Crippen molar-refractivity contribution in [1.82, 2.24) is 0 Å². The molecule has 106 valence electrons. The highest BCUT2D eigenvalue weighted by Crippen LogP contribution is 2.45. The minimum Gasteiger partial charge on any atom is -0.210 e. The first-order valence-electron chi connectivity index (χ1n) is 4.82. The zero-order valence-corrected chi connectivity index (χ0v) is 9.95. The second kappa shape index (κ2) is 5.44. The number of hydrogen-bond acceptors (Lipinski definition) is 1. The van der Waals surface area contributed by atoms with E-state index in [4.69, 9.17) is 0 Å². The van der Waals surface area contributed by atoms with E-state index < -0.39 is 29.0 Å². The SMILES string of the molecule is FC(=C(C(F)(F)F)C(F)(F)F)C(S)c1ccccc1. The number of allylic oxidation sites excluding steroid dienone is 1. The van der Waals surface area contributed by atoms with Crippen molar-refractivity contribution >= 4 is 12.6 Å². The summed E-state index contributed by atoms with van der Waals surface area (Å²) in [5.74, 6) is -2.37. The van der Waals surface area contributed by atoms with Gasteiger partial charge in [0.2, 0.25) is 0 Å². The summed E-state index contributed by atoms with van der Waals surface area (Å²) in [4.78, 5) is 0. The van der Waals surface area contributed by atoms with E-state index >= 15 is 0 Å². The molecule has 0 aliphatic heterocycles. The molecule has 1 atom stereocenters. The minimum atomic E-state index is -5.84. The number of hydrogen-bond donors (Lipinski definition) is 1. The van der Waals surface area contributed by atoms with Crippen LogP contribution >= 0.6 is 12.6 Å². The number of benzene rings is 1. The van der Waals surface area contributed by atoms with Crippen LogP contribution < -0.4 is 0 Å². The largest absolute Gasteiger partial charge is 0.423 e. The van der Waals surface area contributed by atoms with Crippen LogP contribution in [0.4, 0.5) is 30.7 Å². The quantitative estimate of drug-likeness (QED) is 0.576. The summed E-state index contributed by atoms with van der Waals surface area (Å²) in [7, 11) is 0. The van der Waals surface area contributed by atoms with Crippen molar-refractivity contribution in [3.05, 3.63) is 47.3 Å². The van der Waals surface area contributed by atoms with E-state index in [0.717, 1.165) is 0 Å². The Morgan fingerprint density at radius 1 is 0.895 bits per heavy atom.